The molecule has 0 rings (SSSR count). The van der Waals surface area contributed by atoms with Crippen LogP contribution in [0.3, 0.4) is 0 Å². The molecular formula is H9ClKNa3O7P2Zn. The molecule has 0 radical (unpaired) electrons. The van der Waals surface area contributed by atoms with Crippen molar-refractivity contribution < 1.29 is 198 Å². The molecule has 0 atom stereocenters. The Labute approximate surface area is 221 Å². The molecule has 0 saturated carbocycles. The maximum Gasteiger partial charge on any atom is 1.00 e. The van der Waals surface area contributed by atoms with Crippen molar-refractivity contribution in [2.75, 3.05) is 0 Å². The van der Waals surface area contributed by atoms with Crippen LogP contribution in [-0.2, 0) is 32.9 Å². The fourth-order valence-corrected chi connectivity index (χ4v) is 1.25. The zero-order valence-corrected chi connectivity index (χ0v) is 23.7. The van der Waals surface area contributed by atoms with E-state index in [0.717, 1.165) is 0 Å². The molecule has 0 aliphatic carbocycles. The number of rotatable bonds is 2. The Kier molecular flexibility index (Phi) is 56.6. The molecule has 0 saturated heterocycles. The molecule has 74 valence electrons. The number of hydrogen-bond donors (Lipinski definition) is 4. The Bertz CT molecular complexity index is 187. The third-order valence-corrected chi connectivity index (χ3v) is 1.91. The molecule has 0 aromatic carbocycles. The monoisotopic (exact) mass is 390 g/mol. The normalized spacial score (nSPS) is 8.27. The van der Waals surface area contributed by atoms with Crippen molar-refractivity contribution >= 4 is 28.1 Å². The van der Waals surface area contributed by atoms with E-state index in [1.54, 1.807) is 0 Å². The summed E-state index contributed by atoms with van der Waals surface area (Å²) in [7, 11) is -10.1. The molecule has 0 aliphatic rings. The quantitative estimate of drug-likeness (QED) is 0.272. The maximum absolute atomic E-state index is 9.63. The summed E-state index contributed by atoms with van der Waals surface area (Å²) in [6.07, 6.45) is 0. The van der Waals surface area contributed by atoms with Crippen molar-refractivity contribution in [1.82, 2.24) is 0 Å². The van der Waals surface area contributed by atoms with Crippen LogP contribution in [0.15, 0.2) is 0 Å². The van der Waals surface area contributed by atoms with Gasteiger partial charge in [-0.3, -0.25) is 0 Å². The fourth-order valence-electron chi connectivity index (χ4n) is 0.139. The van der Waals surface area contributed by atoms with Crippen molar-refractivity contribution in [3.05, 3.63) is 0 Å². The van der Waals surface area contributed by atoms with Crippen LogP contribution < -0.4 is 140 Å². The Morgan fingerprint density at radius 3 is 1.00 bits per heavy atom. The predicted octanol–water partition coefficient (Wildman–Crippen LogP) is -11.9. The smallest absolute Gasteiger partial charge is 1.00 e. The van der Waals surface area contributed by atoms with Crippen LogP contribution in [0.4, 0.5) is 0 Å². The molecule has 0 fully saturated rings. The second-order valence-electron chi connectivity index (χ2n) is 1.06. The third kappa shape index (κ3) is 45.1. The standard InChI is InChI=1S/ClH.K.3Na.H4O7P2.Zn.4H/c;;;;;1-8(2,3)7-9(4,5)6;;;;;/h1H;;;;;(H2,1,2,3)(H2,4,5,6);;;;;/q;4*+1;;;4*-1. The molecule has 4 N–H and O–H groups in total. The van der Waals surface area contributed by atoms with Gasteiger partial charge in [0.25, 0.3) is 0 Å². The summed E-state index contributed by atoms with van der Waals surface area (Å²) in [5.41, 5.74) is 0. The van der Waals surface area contributed by atoms with Gasteiger partial charge in [-0.1, -0.05) is 0 Å². The van der Waals surface area contributed by atoms with E-state index in [4.69, 9.17) is 19.6 Å². The van der Waals surface area contributed by atoms with Gasteiger partial charge >= 0.3 is 156 Å². The first-order chi connectivity index (χ1) is 3.71. The van der Waals surface area contributed by atoms with Crippen LogP contribution in [-0.4, -0.2) is 19.6 Å². The minimum atomic E-state index is -5.05. The number of phosphoric acid groups is 2. The van der Waals surface area contributed by atoms with E-state index in [0.29, 0.717) is 0 Å². The topological polar surface area (TPSA) is 124 Å². The Hall–Kier alpha value is 5.81. The van der Waals surface area contributed by atoms with Crippen LogP contribution in [0.25, 0.3) is 0 Å². The molecular weight excluding hydrogens is 383 g/mol. The molecule has 0 aromatic heterocycles. The fraction of sp³-hybridized carbons (Fsp3) is 0. The first-order valence-corrected chi connectivity index (χ1v) is 4.59. The summed E-state index contributed by atoms with van der Waals surface area (Å²) in [6, 6.07) is 0. The van der Waals surface area contributed by atoms with Gasteiger partial charge in [0.05, 0.1) is 0 Å². The van der Waals surface area contributed by atoms with Crippen molar-refractivity contribution in [3.8, 4) is 0 Å². The van der Waals surface area contributed by atoms with Crippen LogP contribution in [0.1, 0.15) is 5.71 Å². The molecule has 7 nitrogen and oxygen atoms in total. The van der Waals surface area contributed by atoms with Gasteiger partial charge in [-0.25, -0.2) is 9.13 Å². The van der Waals surface area contributed by atoms with Gasteiger partial charge in [-0.15, -0.1) is 12.4 Å². The maximum atomic E-state index is 9.63. The average molecular weight is 392 g/mol. The molecule has 0 aromatic rings. The molecule has 0 unspecified atom stereocenters. The minimum Gasteiger partial charge on any atom is -1.00 e. The first kappa shape index (κ1) is 42.8. The van der Waals surface area contributed by atoms with E-state index in [1.165, 1.54) is 0 Å². The number of hydrogen-bond acceptors (Lipinski definition) is 3. The van der Waals surface area contributed by atoms with E-state index in [2.05, 4.69) is 4.31 Å². The summed E-state index contributed by atoms with van der Waals surface area (Å²) in [6.45, 7) is 0. The summed E-state index contributed by atoms with van der Waals surface area (Å²) in [5, 5.41) is 0. The zero-order chi connectivity index (χ0) is 7.71. The summed E-state index contributed by atoms with van der Waals surface area (Å²) < 4.78 is 22.2. The molecule has 15 heavy (non-hydrogen) atoms. The molecule has 15 heteroatoms. The van der Waals surface area contributed by atoms with E-state index in [9.17, 15) is 9.13 Å². The molecule has 0 bridgehead atoms. The number of halogens is 1. The minimum absolute atomic E-state index is 0. The molecule has 0 spiro atoms. The molecule has 0 aliphatic heterocycles. The van der Waals surface area contributed by atoms with Gasteiger partial charge < -0.3 is 25.3 Å². The largest absolute Gasteiger partial charge is 1.00 e. The SMILES string of the molecule is Cl.O=P(O)(O)OP(=O)(O)O.[H-].[H-].[H-].[H-].[K+].[Na+].[Na+].[Na+].[Zn]. The zero-order valence-electron chi connectivity index (χ0n) is 13.0. The average Bonchev–Trinajstić information content (AvgIpc) is 1.14. The molecule has 0 amide bonds. The Morgan fingerprint density at radius 2 is 1.00 bits per heavy atom. The van der Waals surface area contributed by atoms with E-state index in [1.807, 2.05) is 0 Å². The Morgan fingerprint density at radius 1 is 0.867 bits per heavy atom. The van der Waals surface area contributed by atoms with Gasteiger partial charge in [-0.2, -0.15) is 4.31 Å². The van der Waals surface area contributed by atoms with Crippen LogP contribution >= 0.6 is 28.1 Å². The van der Waals surface area contributed by atoms with Crippen molar-refractivity contribution in [2.24, 2.45) is 0 Å². The van der Waals surface area contributed by atoms with Gasteiger partial charge in [0, 0.05) is 19.5 Å². The van der Waals surface area contributed by atoms with E-state index >= 15 is 0 Å². The third-order valence-electron chi connectivity index (χ3n) is 0.213. The summed E-state index contributed by atoms with van der Waals surface area (Å²) in [5.74, 6) is 0. The first-order valence-electron chi connectivity index (χ1n) is 1.53. The van der Waals surface area contributed by atoms with Crippen LogP contribution in [0, 0.1) is 0 Å². The van der Waals surface area contributed by atoms with Gasteiger partial charge in [-0.05, 0) is 0 Å². The van der Waals surface area contributed by atoms with Gasteiger partial charge in [0.1, 0.15) is 0 Å². The van der Waals surface area contributed by atoms with Crippen molar-refractivity contribution in [2.45, 2.75) is 0 Å². The second kappa shape index (κ2) is 19.8. The van der Waals surface area contributed by atoms with Crippen molar-refractivity contribution in [1.29, 1.82) is 0 Å². The predicted molar refractivity (Wildman–Crippen MR) is 36.9 cm³/mol. The van der Waals surface area contributed by atoms with Gasteiger partial charge in [0.2, 0.25) is 0 Å². The van der Waals surface area contributed by atoms with Crippen LogP contribution in [0.2, 0.25) is 0 Å². The summed E-state index contributed by atoms with van der Waals surface area (Å²) >= 11 is 0. The van der Waals surface area contributed by atoms with E-state index < -0.39 is 15.6 Å². The Balaban J connectivity index is -0.00000000711. The van der Waals surface area contributed by atoms with Crippen molar-refractivity contribution in [3.63, 3.8) is 0 Å². The van der Waals surface area contributed by atoms with E-state index in [-0.39, 0.29) is 178 Å². The second-order valence-corrected chi connectivity index (χ2v) is 3.68. The molecule has 0 heterocycles. The summed E-state index contributed by atoms with van der Waals surface area (Å²) in [4.78, 5) is 31.0. The van der Waals surface area contributed by atoms with Crippen LogP contribution in [0.5, 0.6) is 0 Å². The van der Waals surface area contributed by atoms with Gasteiger partial charge in [0.15, 0.2) is 0 Å².